The number of hydrogen-bond donors (Lipinski definition) is 0. The van der Waals surface area contributed by atoms with Crippen LogP contribution in [0.4, 0.5) is 17.1 Å². The Morgan fingerprint density at radius 1 is 0.590 bits per heavy atom. The zero-order valence-corrected chi connectivity index (χ0v) is 22.0. The Hall–Kier alpha value is -4.89. The summed E-state index contributed by atoms with van der Waals surface area (Å²) in [5, 5.41) is 5.01. The van der Waals surface area contributed by atoms with Crippen molar-refractivity contribution in [2.24, 2.45) is 0 Å². The molecule has 0 spiro atoms. The first kappa shape index (κ1) is 22.1. The van der Waals surface area contributed by atoms with Gasteiger partial charge in [-0.05, 0) is 70.4 Å². The van der Waals surface area contributed by atoms with Crippen LogP contribution in [0.1, 0.15) is 25.0 Å². The monoisotopic (exact) mass is 501 g/mol. The average molecular weight is 502 g/mol. The molecule has 186 valence electrons. The van der Waals surface area contributed by atoms with E-state index in [2.05, 4.69) is 144 Å². The number of pyridine rings is 1. The van der Waals surface area contributed by atoms with Gasteiger partial charge in [-0.3, -0.25) is 4.98 Å². The lowest BCUT2D eigenvalue weighted by molar-refractivity contribution is 0.630. The molecule has 3 heteroatoms. The van der Waals surface area contributed by atoms with E-state index in [1.54, 1.807) is 0 Å². The van der Waals surface area contributed by atoms with E-state index in [0.717, 1.165) is 17.1 Å². The van der Waals surface area contributed by atoms with Crippen molar-refractivity contribution in [3.63, 3.8) is 0 Å². The number of fused-ring (bicyclic) bond motifs is 6. The van der Waals surface area contributed by atoms with Gasteiger partial charge in [0.15, 0.2) is 0 Å². The van der Waals surface area contributed by atoms with Crippen molar-refractivity contribution in [1.29, 1.82) is 0 Å². The van der Waals surface area contributed by atoms with Gasteiger partial charge in [0.1, 0.15) is 0 Å². The summed E-state index contributed by atoms with van der Waals surface area (Å²) in [7, 11) is 0. The molecule has 5 aromatic carbocycles. The predicted molar refractivity (Wildman–Crippen MR) is 163 cm³/mol. The number of para-hydroxylation sites is 2. The first-order chi connectivity index (χ1) is 19.1. The van der Waals surface area contributed by atoms with Crippen LogP contribution in [0, 0.1) is 0 Å². The summed E-state index contributed by atoms with van der Waals surface area (Å²) in [6, 6.07) is 41.9. The van der Waals surface area contributed by atoms with Gasteiger partial charge in [-0.15, -0.1) is 0 Å². The molecule has 8 rings (SSSR count). The number of anilines is 3. The number of hydrogen-bond acceptors (Lipinski definition) is 2. The van der Waals surface area contributed by atoms with Crippen molar-refractivity contribution in [2.75, 3.05) is 4.90 Å². The first-order valence-corrected chi connectivity index (χ1v) is 13.5. The second-order valence-corrected chi connectivity index (χ2v) is 11.0. The molecule has 0 radical (unpaired) electrons. The molecule has 0 bridgehead atoms. The maximum absolute atomic E-state index is 4.29. The number of benzene rings is 5. The molecule has 1 aliphatic rings. The van der Waals surface area contributed by atoms with Crippen molar-refractivity contribution in [3.05, 3.63) is 139 Å². The normalized spacial score (nSPS) is 13.6. The summed E-state index contributed by atoms with van der Waals surface area (Å²) in [6.07, 6.45) is 3.73. The van der Waals surface area contributed by atoms with Crippen molar-refractivity contribution in [2.45, 2.75) is 19.3 Å². The Morgan fingerprint density at radius 3 is 2.18 bits per heavy atom. The van der Waals surface area contributed by atoms with Crippen molar-refractivity contribution < 1.29 is 0 Å². The van der Waals surface area contributed by atoms with Gasteiger partial charge in [-0.1, -0.05) is 80.6 Å². The van der Waals surface area contributed by atoms with Crippen LogP contribution in [0.25, 0.3) is 38.3 Å². The van der Waals surface area contributed by atoms with Gasteiger partial charge in [0.25, 0.3) is 0 Å². The van der Waals surface area contributed by atoms with Crippen molar-refractivity contribution in [1.82, 2.24) is 9.55 Å². The molecule has 3 heterocycles. The summed E-state index contributed by atoms with van der Waals surface area (Å²) in [4.78, 5) is 6.62. The molecule has 2 aromatic heterocycles. The highest BCUT2D eigenvalue weighted by Crippen LogP contribution is 2.48. The quantitative estimate of drug-likeness (QED) is 0.240. The Morgan fingerprint density at radius 2 is 1.31 bits per heavy atom. The number of nitrogens with zero attached hydrogens (tertiary/aromatic N) is 3. The van der Waals surface area contributed by atoms with Gasteiger partial charge in [0.05, 0.1) is 16.7 Å². The minimum Gasteiger partial charge on any atom is -0.310 e. The fourth-order valence-corrected chi connectivity index (χ4v) is 6.55. The minimum absolute atomic E-state index is 0.0719. The van der Waals surface area contributed by atoms with Crippen LogP contribution in [0.5, 0.6) is 0 Å². The standard InChI is InChI=1S/C36H27N3/c1-36(2)31-11-5-6-13-34(31)39-33-17-16-28(23-30(33)29-10-7-12-32(36)35(29)39)38(26-18-20-37-21-19-26)27-15-14-24-8-3-4-9-25(24)22-27/h3-23H,1-2H3. The van der Waals surface area contributed by atoms with Gasteiger partial charge >= 0.3 is 0 Å². The Labute approximate surface area is 227 Å². The fraction of sp³-hybridized carbons (Fsp3) is 0.0833. The summed E-state index contributed by atoms with van der Waals surface area (Å²) in [5.74, 6) is 0. The highest BCUT2D eigenvalue weighted by Gasteiger charge is 2.34. The Balaban J connectivity index is 1.42. The lowest BCUT2D eigenvalue weighted by Gasteiger charge is -2.34. The molecule has 0 aliphatic carbocycles. The predicted octanol–water partition coefficient (Wildman–Crippen LogP) is 9.44. The fourth-order valence-electron chi connectivity index (χ4n) is 6.55. The van der Waals surface area contributed by atoms with Crippen LogP contribution < -0.4 is 4.90 Å². The van der Waals surface area contributed by atoms with Crippen LogP contribution in [0.15, 0.2) is 128 Å². The van der Waals surface area contributed by atoms with Gasteiger partial charge in [-0.25, -0.2) is 0 Å². The largest absolute Gasteiger partial charge is 0.310 e. The van der Waals surface area contributed by atoms with Crippen molar-refractivity contribution >= 4 is 49.6 Å². The first-order valence-electron chi connectivity index (χ1n) is 13.5. The smallest absolute Gasteiger partial charge is 0.0582 e. The topological polar surface area (TPSA) is 21.1 Å². The Bertz CT molecular complexity index is 2050. The van der Waals surface area contributed by atoms with Crippen LogP contribution >= 0.6 is 0 Å². The molecule has 7 aromatic rings. The van der Waals surface area contributed by atoms with Crippen LogP contribution in [0.3, 0.4) is 0 Å². The van der Waals surface area contributed by atoms with E-state index in [0.29, 0.717) is 0 Å². The molecular formula is C36H27N3. The average Bonchev–Trinajstić information content (AvgIpc) is 3.31. The highest BCUT2D eigenvalue weighted by molar-refractivity contribution is 6.12. The molecule has 0 fully saturated rings. The summed E-state index contributed by atoms with van der Waals surface area (Å²) in [6.45, 7) is 4.69. The molecule has 0 saturated heterocycles. The maximum Gasteiger partial charge on any atom is 0.0582 e. The number of aromatic nitrogens is 2. The second-order valence-electron chi connectivity index (χ2n) is 11.0. The summed E-state index contributed by atoms with van der Waals surface area (Å²) >= 11 is 0. The van der Waals surface area contributed by atoms with E-state index >= 15 is 0 Å². The number of rotatable bonds is 3. The molecular weight excluding hydrogens is 474 g/mol. The molecule has 0 atom stereocenters. The molecule has 1 aliphatic heterocycles. The molecule has 0 amide bonds. The van der Waals surface area contributed by atoms with E-state index in [4.69, 9.17) is 0 Å². The van der Waals surface area contributed by atoms with Gasteiger partial charge in [0.2, 0.25) is 0 Å². The second kappa shape index (κ2) is 8.05. The molecule has 0 unspecified atom stereocenters. The lowest BCUT2D eigenvalue weighted by Crippen LogP contribution is -2.26. The van der Waals surface area contributed by atoms with Crippen LogP contribution in [-0.4, -0.2) is 9.55 Å². The highest BCUT2D eigenvalue weighted by atomic mass is 15.1. The van der Waals surface area contributed by atoms with Gasteiger partial charge in [0, 0.05) is 45.6 Å². The van der Waals surface area contributed by atoms with E-state index < -0.39 is 0 Å². The van der Waals surface area contributed by atoms with Gasteiger partial charge in [-0.2, -0.15) is 0 Å². The third-order valence-corrected chi connectivity index (χ3v) is 8.43. The molecule has 0 saturated carbocycles. The third kappa shape index (κ3) is 3.13. The third-order valence-electron chi connectivity index (χ3n) is 8.43. The van der Waals surface area contributed by atoms with E-state index in [-0.39, 0.29) is 5.41 Å². The van der Waals surface area contributed by atoms with E-state index in [1.807, 2.05) is 12.4 Å². The van der Waals surface area contributed by atoms with Crippen LogP contribution in [0.2, 0.25) is 0 Å². The molecule has 3 nitrogen and oxygen atoms in total. The zero-order chi connectivity index (χ0) is 26.1. The lowest BCUT2D eigenvalue weighted by atomic mass is 9.75. The maximum atomic E-state index is 4.29. The van der Waals surface area contributed by atoms with E-state index in [1.165, 1.54) is 49.4 Å². The van der Waals surface area contributed by atoms with Crippen LogP contribution in [-0.2, 0) is 5.41 Å². The van der Waals surface area contributed by atoms with Gasteiger partial charge < -0.3 is 9.47 Å². The van der Waals surface area contributed by atoms with Crippen molar-refractivity contribution in [3.8, 4) is 5.69 Å². The zero-order valence-electron chi connectivity index (χ0n) is 22.0. The summed E-state index contributed by atoms with van der Waals surface area (Å²) in [5.41, 5.74) is 9.82. The summed E-state index contributed by atoms with van der Waals surface area (Å²) < 4.78 is 2.47. The molecule has 0 N–H and O–H groups in total. The van der Waals surface area contributed by atoms with E-state index in [9.17, 15) is 0 Å². The Kier molecular flexibility index (Phi) is 4.57. The minimum atomic E-state index is -0.0719. The SMILES string of the molecule is CC1(C)c2ccccc2-n2c3ccc(N(c4ccncc4)c4ccc5ccccc5c4)cc3c3cccc1c32. The molecule has 39 heavy (non-hydrogen) atoms.